The van der Waals surface area contributed by atoms with E-state index in [0.717, 1.165) is 12.3 Å². The molecular weight excluding hydrogens is 615 g/mol. The molecule has 1 unspecified atom stereocenters. The van der Waals surface area contributed by atoms with Gasteiger partial charge in [-0.15, -0.1) is 8.78 Å². The van der Waals surface area contributed by atoms with Crippen molar-refractivity contribution in [1.82, 2.24) is 14.8 Å². The number of aliphatic hydroxyl groups is 2. The minimum Gasteiger partial charge on any atom is -0.440 e. The molecule has 0 spiro atoms. The average Bonchev–Trinajstić information content (AvgIpc) is 3.64. The number of halogens is 3. The van der Waals surface area contributed by atoms with Gasteiger partial charge in [0.2, 0.25) is 0 Å². The SMILES string of the molecule is Cc1nc(-c2ccc3c(c2)OC(F)(F)O3)c(-c2cc(-c3cc(F)c(CO)c(S(C)(=O)=O)c3)ccc2-c2cc(C(C)O)nn2C)o1. The van der Waals surface area contributed by atoms with Crippen LogP contribution in [0.25, 0.3) is 45.0 Å². The Morgan fingerprint density at radius 1 is 0.978 bits per heavy atom. The standard InChI is InChI=1S/C31H26F3N3O7S/c1-15(39)24-13-25(37(3)36-24)20-7-5-17(19-10-23(32)22(14-38)28(12-19)45(4,40)41)9-21(20)30-29(35-16(2)42-30)18-6-8-26-27(11-18)44-31(33,34)43-26/h5-13,15,38-39H,14H2,1-4H3. The van der Waals surface area contributed by atoms with Crippen LogP contribution in [0, 0.1) is 12.7 Å². The molecule has 5 aromatic rings. The van der Waals surface area contributed by atoms with Gasteiger partial charge in [-0.05, 0) is 60.5 Å². The topological polar surface area (TPSA) is 137 Å². The summed E-state index contributed by atoms with van der Waals surface area (Å²) in [7, 11) is -2.23. The van der Waals surface area contributed by atoms with Crippen LogP contribution < -0.4 is 9.47 Å². The Morgan fingerprint density at radius 2 is 1.69 bits per heavy atom. The highest BCUT2D eigenvalue weighted by atomic mass is 32.2. The third-order valence-electron chi connectivity index (χ3n) is 7.32. The Morgan fingerprint density at radius 3 is 2.36 bits per heavy atom. The Balaban J connectivity index is 1.59. The number of aliphatic hydroxyl groups excluding tert-OH is 2. The molecule has 3 aromatic carbocycles. The number of aromatic nitrogens is 3. The highest BCUT2D eigenvalue weighted by Gasteiger charge is 2.43. The van der Waals surface area contributed by atoms with Crippen LogP contribution in [0.2, 0.25) is 0 Å². The van der Waals surface area contributed by atoms with Gasteiger partial charge in [0.25, 0.3) is 0 Å². The summed E-state index contributed by atoms with van der Waals surface area (Å²) >= 11 is 0. The first-order valence-electron chi connectivity index (χ1n) is 13.5. The van der Waals surface area contributed by atoms with Gasteiger partial charge >= 0.3 is 6.29 Å². The van der Waals surface area contributed by atoms with Gasteiger partial charge in [-0.25, -0.2) is 17.8 Å². The summed E-state index contributed by atoms with van der Waals surface area (Å²) in [5.41, 5.74) is 2.82. The lowest BCUT2D eigenvalue weighted by molar-refractivity contribution is -0.286. The molecule has 3 heterocycles. The average molecular weight is 642 g/mol. The number of ether oxygens (including phenoxy) is 2. The number of oxazole rings is 1. The van der Waals surface area contributed by atoms with E-state index in [1.165, 1.54) is 24.3 Å². The van der Waals surface area contributed by atoms with E-state index in [4.69, 9.17) is 4.42 Å². The Bertz CT molecular complexity index is 2090. The van der Waals surface area contributed by atoms with Crippen molar-refractivity contribution >= 4 is 9.84 Å². The van der Waals surface area contributed by atoms with E-state index in [-0.39, 0.29) is 44.9 Å². The molecule has 0 amide bonds. The van der Waals surface area contributed by atoms with Gasteiger partial charge in [-0.1, -0.05) is 12.1 Å². The lowest BCUT2D eigenvalue weighted by Crippen LogP contribution is -2.25. The number of hydrogen-bond acceptors (Lipinski definition) is 9. The normalized spacial score (nSPS) is 14.6. The minimum atomic E-state index is -3.92. The van der Waals surface area contributed by atoms with Crippen molar-refractivity contribution in [1.29, 1.82) is 0 Å². The first-order chi connectivity index (χ1) is 21.1. The predicted molar refractivity (Wildman–Crippen MR) is 156 cm³/mol. The summed E-state index contributed by atoms with van der Waals surface area (Å²) < 4.78 is 84.4. The zero-order valence-corrected chi connectivity index (χ0v) is 25.1. The molecule has 2 N–H and O–H groups in total. The van der Waals surface area contributed by atoms with Crippen molar-refractivity contribution in [2.24, 2.45) is 7.05 Å². The van der Waals surface area contributed by atoms with Gasteiger partial charge in [-0.2, -0.15) is 5.10 Å². The molecule has 2 aromatic heterocycles. The fourth-order valence-corrected chi connectivity index (χ4v) is 6.20. The van der Waals surface area contributed by atoms with Crippen molar-refractivity contribution < 1.29 is 45.7 Å². The molecule has 234 valence electrons. The fourth-order valence-electron chi connectivity index (χ4n) is 5.24. The molecular formula is C31H26F3N3O7S. The number of alkyl halides is 2. The smallest absolute Gasteiger partial charge is 0.440 e. The summed E-state index contributed by atoms with van der Waals surface area (Å²) in [4.78, 5) is 4.16. The lowest BCUT2D eigenvalue weighted by Gasteiger charge is -2.14. The van der Waals surface area contributed by atoms with Gasteiger partial charge in [0.1, 0.15) is 11.5 Å². The molecule has 45 heavy (non-hydrogen) atoms. The van der Waals surface area contributed by atoms with Crippen LogP contribution in [-0.4, -0.2) is 45.9 Å². The van der Waals surface area contributed by atoms with E-state index in [0.29, 0.717) is 33.6 Å². The highest BCUT2D eigenvalue weighted by molar-refractivity contribution is 7.90. The molecule has 0 fully saturated rings. The van der Waals surface area contributed by atoms with Gasteiger partial charge < -0.3 is 24.1 Å². The number of rotatable bonds is 7. The number of sulfone groups is 1. The first kappa shape index (κ1) is 30.4. The van der Waals surface area contributed by atoms with Crippen LogP contribution in [0.15, 0.2) is 63.9 Å². The molecule has 1 aliphatic rings. The molecule has 10 nitrogen and oxygen atoms in total. The van der Waals surface area contributed by atoms with Crippen LogP contribution in [0.4, 0.5) is 13.2 Å². The number of hydrogen-bond donors (Lipinski definition) is 2. The Hall–Kier alpha value is -4.66. The van der Waals surface area contributed by atoms with Crippen molar-refractivity contribution in [2.45, 2.75) is 37.7 Å². The number of fused-ring (bicyclic) bond motifs is 1. The van der Waals surface area contributed by atoms with Crippen LogP contribution in [-0.2, 0) is 23.5 Å². The third-order valence-corrected chi connectivity index (χ3v) is 8.48. The van der Waals surface area contributed by atoms with Crippen molar-refractivity contribution in [3.05, 3.63) is 77.6 Å². The zero-order valence-electron chi connectivity index (χ0n) is 24.3. The maximum Gasteiger partial charge on any atom is 0.586 e. The van der Waals surface area contributed by atoms with Crippen LogP contribution >= 0.6 is 0 Å². The molecule has 1 atom stereocenters. The predicted octanol–water partition coefficient (Wildman–Crippen LogP) is 5.79. The maximum absolute atomic E-state index is 15.1. The highest BCUT2D eigenvalue weighted by Crippen LogP contribution is 2.46. The monoisotopic (exact) mass is 641 g/mol. The minimum absolute atomic E-state index is 0.149. The van der Waals surface area contributed by atoms with Gasteiger partial charge in [0.15, 0.2) is 33.0 Å². The quantitative estimate of drug-likeness (QED) is 0.226. The van der Waals surface area contributed by atoms with E-state index in [1.54, 1.807) is 49.8 Å². The van der Waals surface area contributed by atoms with E-state index in [2.05, 4.69) is 19.6 Å². The second kappa shape index (κ2) is 10.8. The van der Waals surface area contributed by atoms with Crippen molar-refractivity contribution in [3.63, 3.8) is 0 Å². The molecule has 0 saturated heterocycles. The summed E-state index contributed by atoms with van der Waals surface area (Å²) in [5.74, 6) is -0.789. The largest absolute Gasteiger partial charge is 0.586 e. The molecule has 14 heteroatoms. The number of benzene rings is 3. The van der Waals surface area contributed by atoms with Crippen LogP contribution in [0.3, 0.4) is 0 Å². The van der Waals surface area contributed by atoms with Crippen LogP contribution in [0.5, 0.6) is 11.5 Å². The summed E-state index contributed by atoms with van der Waals surface area (Å²) in [6.45, 7) is 2.36. The van der Waals surface area contributed by atoms with Crippen molar-refractivity contribution in [2.75, 3.05) is 6.26 Å². The first-order valence-corrected chi connectivity index (χ1v) is 15.4. The summed E-state index contributed by atoms with van der Waals surface area (Å²) in [6, 6.07) is 13.3. The molecule has 0 radical (unpaired) electrons. The van der Waals surface area contributed by atoms with Gasteiger partial charge in [0.05, 0.1) is 29.0 Å². The van der Waals surface area contributed by atoms with E-state index >= 15 is 4.39 Å². The molecule has 0 aliphatic carbocycles. The fraction of sp³-hybridized carbons (Fsp3) is 0.226. The third kappa shape index (κ3) is 5.56. The summed E-state index contributed by atoms with van der Waals surface area (Å²) in [6.07, 6.45) is -3.77. The maximum atomic E-state index is 15.1. The molecule has 6 rings (SSSR count). The second-order valence-corrected chi connectivity index (χ2v) is 12.6. The van der Waals surface area contributed by atoms with E-state index in [9.17, 15) is 27.4 Å². The molecule has 0 saturated carbocycles. The lowest BCUT2D eigenvalue weighted by atomic mass is 9.93. The van der Waals surface area contributed by atoms with E-state index in [1.807, 2.05) is 0 Å². The van der Waals surface area contributed by atoms with Gasteiger partial charge in [-0.3, -0.25) is 4.68 Å². The van der Waals surface area contributed by atoms with Crippen molar-refractivity contribution in [3.8, 4) is 56.5 Å². The molecule has 1 aliphatic heterocycles. The number of nitrogens with zero attached hydrogens (tertiary/aromatic N) is 3. The van der Waals surface area contributed by atoms with Gasteiger partial charge in [0, 0.05) is 42.5 Å². The van der Waals surface area contributed by atoms with E-state index < -0.39 is 34.7 Å². The zero-order chi connectivity index (χ0) is 32.4. The Labute approximate surface area is 255 Å². The summed E-state index contributed by atoms with van der Waals surface area (Å²) in [5, 5.41) is 24.2. The second-order valence-electron chi connectivity index (χ2n) is 10.6. The molecule has 0 bridgehead atoms. The number of aryl methyl sites for hydroxylation is 2. The van der Waals surface area contributed by atoms with Crippen LogP contribution in [0.1, 0.15) is 30.2 Å². The Kier molecular flexibility index (Phi) is 7.26.